The molecule has 3 aromatic rings. The average Bonchev–Trinajstić information content (AvgIpc) is 3.17. The van der Waals surface area contributed by atoms with Gasteiger partial charge in [0.15, 0.2) is 0 Å². The van der Waals surface area contributed by atoms with E-state index in [9.17, 15) is 4.79 Å². The van der Waals surface area contributed by atoms with Crippen molar-refractivity contribution in [1.82, 2.24) is 19.4 Å². The van der Waals surface area contributed by atoms with E-state index in [-0.39, 0.29) is 11.8 Å². The van der Waals surface area contributed by atoms with Crippen LogP contribution in [0.3, 0.4) is 0 Å². The van der Waals surface area contributed by atoms with Gasteiger partial charge >= 0.3 is 0 Å². The second kappa shape index (κ2) is 9.60. The number of hydrogen-bond donors (Lipinski definition) is 1. The molecule has 1 saturated heterocycles. The molecule has 1 aliphatic rings. The monoisotopic (exact) mass is 419 g/mol. The normalized spacial score (nSPS) is 15.6. The molecule has 4 rings (SSSR count). The minimum absolute atomic E-state index is 0.0706. The molecule has 1 fully saturated rings. The van der Waals surface area contributed by atoms with Crippen molar-refractivity contribution in [3.8, 4) is 0 Å². The van der Waals surface area contributed by atoms with Crippen LogP contribution in [0.5, 0.6) is 0 Å². The number of pyridine rings is 1. The molecule has 1 aliphatic heterocycles. The van der Waals surface area contributed by atoms with Crippen LogP contribution in [0.4, 0.5) is 5.69 Å². The highest BCUT2D eigenvalue weighted by atomic mass is 16.1. The first kappa shape index (κ1) is 21.5. The molecule has 2 aromatic heterocycles. The van der Waals surface area contributed by atoms with E-state index in [1.165, 1.54) is 0 Å². The molecule has 1 aromatic carbocycles. The van der Waals surface area contributed by atoms with Crippen LogP contribution in [0.2, 0.25) is 0 Å². The highest BCUT2D eigenvalue weighted by molar-refractivity contribution is 5.94. The van der Waals surface area contributed by atoms with Crippen molar-refractivity contribution in [3.63, 3.8) is 0 Å². The quantitative estimate of drug-likeness (QED) is 0.614. The molecule has 0 aliphatic carbocycles. The summed E-state index contributed by atoms with van der Waals surface area (Å²) in [5.74, 6) is 1.66. The summed E-state index contributed by atoms with van der Waals surface area (Å²) in [6.45, 7) is 10.3. The first-order valence-corrected chi connectivity index (χ1v) is 11.5. The number of rotatable bonds is 7. The maximum atomic E-state index is 12.9. The minimum atomic E-state index is 0.0706. The molecule has 6 heteroatoms. The van der Waals surface area contributed by atoms with Crippen molar-refractivity contribution in [3.05, 3.63) is 54.1 Å². The van der Waals surface area contributed by atoms with Gasteiger partial charge < -0.3 is 14.8 Å². The van der Waals surface area contributed by atoms with E-state index in [2.05, 4.69) is 52.7 Å². The second-order valence-electron chi connectivity index (χ2n) is 8.75. The number of nitrogens with zero attached hydrogens (tertiary/aromatic N) is 4. The summed E-state index contributed by atoms with van der Waals surface area (Å²) in [5, 5.41) is 3.14. The van der Waals surface area contributed by atoms with Crippen LogP contribution in [-0.2, 0) is 17.8 Å². The number of aryl methyl sites for hydroxylation is 1. The molecule has 1 N–H and O–H groups in total. The Morgan fingerprint density at radius 1 is 1.19 bits per heavy atom. The van der Waals surface area contributed by atoms with Crippen molar-refractivity contribution in [2.24, 2.45) is 5.92 Å². The van der Waals surface area contributed by atoms with E-state index in [1.54, 1.807) is 0 Å². The number of anilines is 1. The number of hydrogen-bond acceptors (Lipinski definition) is 4. The van der Waals surface area contributed by atoms with Gasteiger partial charge in [-0.2, -0.15) is 0 Å². The van der Waals surface area contributed by atoms with Gasteiger partial charge in [0, 0.05) is 48.9 Å². The molecule has 0 unspecified atom stereocenters. The fraction of sp³-hybridized carbons (Fsp3) is 0.480. The van der Waals surface area contributed by atoms with Gasteiger partial charge in [0.25, 0.3) is 0 Å². The number of fused-ring (bicyclic) bond motifs is 1. The van der Waals surface area contributed by atoms with E-state index in [1.807, 2.05) is 30.5 Å². The number of carbonyl (C=O) groups is 1. The van der Waals surface area contributed by atoms with Gasteiger partial charge in [0.2, 0.25) is 5.91 Å². The standard InChI is InChI=1S/C25H33N5O/c1-4-30-23-9-8-21(17-22(23)28-24(30)18(2)3)27-25(31)19-10-14-29(15-11-19)16-12-20-7-5-6-13-26-20/h5-9,13,17-19H,4,10-12,14-16H2,1-3H3,(H,27,31). The van der Waals surface area contributed by atoms with Crippen LogP contribution < -0.4 is 5.32 Å². The minimum Gasteiger partial charge on any atom is -0.328 e. The van der Waals surface area contributed by atoms with Crippen molar-refractivity contribution >= 4 is 22.6 Å². The molecule has 0 saturated carbocycles. The highest BCUT2D eigenvalue weighted by Crippen LogP contribution is 2.26. The third-order valence-corrected chi connectivity index (χ3v) is 6.25. The number of aromatic nitrogens is 3. The summed E-state index contributed by atoms with van der Waals surface area (Å²) in [6.07, 6.45) is 4.61. The summed E-state index contributed by atoms with van der Waals surface area (Å²) in [4.78, 5) is 24.5. The van der Waals surface area contributed by atoms with E-state index < -0.39 is 0 Å². The summed E-state index contributed by atoms with van der Waals surface area (Å²) < 4.78 is 2.26. The number of carbonyl (C=O) groups excluding carboxylic acids is 1. The number of piperidine rings is 1. The van der Waals surface area contributed by atoms with Crippen LogP contribution >= 0.6 is 0 Å². The van der Waals surface area contributed by atoms with Crippen molar-refractivity contribution in [2.75, 3.05) is 25.0 Å². The van der Waals surface area contributed by atoms with Gasteiger partial charge in [-0.15, -0.1) is 0 Å². The Labute approximate surface area is 184 Å². The Hall–Kier alpha value is -2.73. The number of nitrogens with one attached hydrogen (secondary N) is 1. The average molecular weight is 420 g/mol. The summed E-state index contributed by atoms with van der Waals surface area (Å²) >= 11 is 0. The fourth-order valence-corrected chi connectivity index (χ4v) is 4.48. The largest absolute Gasteiger partial charge is 0.328 e. The van der Waals surface area contributed by atoms with Gasteiger partial charge in [-0.1, -0.05) is 19.9 Å². The Morgan fingerprint density at radius 3 is 2.68 bits per heavy atom. The van der Waals surface area contributed by atoms with E-state index >= 15 is 0 Å². The Balaban J connectivity index is 1.33. The third kappa shape index (κ3) is 4.96. The molecule has 1 amide bonds. The van der Waals surface area contributed by atoms with Crippen molar-refractivity contribution in [1.29, 1.82) is 0 Å². The maximum absolute atomic E-state index is 12.9. The topological polar surface area (TPSA) is 63.1 Å². The molecular formula is C25H33N5O. The van der Waals surface area contributed by atoms with Gasteiger partial charge in [0.1, 0.15) is 5.82 Å². The summed E-state index contributed by atoms with van der Waals surface area (Å²) in [7, 11) is 0. The molecule has 6 nitrogen and oxygen atoms in total. The van der Waals surface area contributed by atoms with Crippen LogP contribution in [-0.4, -0.2) is 45.0 Å². The van der Waals surface area contributed by atoms with Crippen LogP contribution in [0, 0.1) is 5.92 Å². The first-order chi connectivity index (χ1) is 15.0. The van der Waals surface area contributed by atoms with E-state index in [4.69, 9.17) is 4.98 Å². The fourth-order valence-electron chi connectivity index (χ4n) is 4.48. The lowest BCUT2D eigenvalue weighted by atomic mass is 9.95. The maximum Gasteiger partial charge on any atom is 0.227 e. The van der Waals surface area contributed by atoms with E-state index in [0.29, 0.717) is 5.92 Å². The van der Waals surface area contributed by atoms with E-state index in [0.717, 1.165) is 73.7 Å². The lowest BCUT2D eigenvalue weighted by Gasteiger charge is -2.31. The van der Waals surface area contributed by atoms with Crippen LogP contribution in [0.15, 0.2) is 42.6 Å². The molecule has 0 spiro atoms. The molecule has 0 radical (unpaired) electrons. The zero-order valence-corrected chi connectivity index (χ0v) is 18.8. The Bertz CT molecular complexity index is 1020. The highest BCUT2D eigenvalue weighted by Gasteiger charge is 2.25. The van der Waals surface area contributed by atoms with Crippen molar-refractivity contribution in [2.45, 2.75) is 52.5 Å². The smallest absolute Gasteiger partial charge is 0.227 e. The molecule has 0 bridgehead atoms. The summed E-state index contributed by atoms with van der Waals surface area (Å²) in [6, 6.07) is 12.1. The zero-order chi connectivity index (χ0) is 21.8. The Morgan fingerprint density at radius 2 is 2.00 bits per heavy atom. The third-order valence-electron chi connectivity index (χ3n) is 6.25. The van der Waals surface area contributed by atoms with Crippen LogP contribution in [0.25, 0.3) is 11.0 Å². The molecule has 164 valence electrons. The second-order valence-corrected chi connectivity index (χ2v) is 8.75. The summed E-state index contributed by atoms with van der Waals surface area (Å²) in [5.41, 5.74) is 4.05. The predicted molar refractivity (Wildman–Crippen MR) is 125 cm³/mol. The van der Waals surface area contributed by atoms with Gasteiger partial charge in [0.05, 0.1) is 11.0 Å². The van der Waals surface area contributed by atoms with Gasteiger partial charge in [-0.25, -0.2) is 4.98 Å². The zero-order valence-electron chi connectivity index (χ0n) is 18.8. The number of likely N-dealkylation sites (tertiary alicyclic amines) is 1. The van der Waals surface area contributed by atoms with Gasteiger partial charge in [-0.3, -0.25) is 9.78 Å². The van der Waals surface area contributed by atoms with Crippen molar-refractivity contribution < 1.29 is 4.79 Å². The molecule has 3 heterocycles. The first-order valence-electron chi connectivity index (χ1n) is 11.5. The van der Waals surface area contributed by atoms with Gasteiger partial charge in [-0.05, 0) is 63.2 Å². The molecular weight excluding hydrogens is 386 g/mol. The lowest BCUT2D eigenvalue weighted by molar-refractivity contribution is -0.121. The molecule has 31 heavy (non-hydrogen) atoms. The number of imidazole rings is 1. The molecule has 0 atom stereocenters. The Kier molecular flexibility index (Phi) is 6.66. The number of amides is 1. The SMILES string of the molecule is CCn1c(C(C)C)nc2cc(NC(=O)C3CCN(CCc4ccccn4)CC3)ccc21. The predicted octanol–water partition coefficient (Wildman–Crippen LogP) is 4.47. The lowest BCUT2D eigenvalue weighted by Crippen LogP contribution is -2.39. The number of benzene rings is 1. The van der Waals surface area contributed by atoms with Crippen LogP contribution in [0.1, 0.15) is 51.0 Å².